The predicted molar refractivity (Wildman–Crippen MR) is 86.4 cm³/mol. The Bertz CT molecular complexity index is 569. The molecule has 1 unspecified atom stereocenters. The van der Waals surface area contributed by atoms with Crippen molar-refractivity contribution in [2.75, 3.05) is 13.7 Å². The Labute approximate surface area is 132 Å². The molecule has 0 saturated heterocycles. The maximum absolute atomic E-state index is 6.30. The van der Waals surface area contributed by atoms with Crippen LogP contribution >= 0.6 is 27.5 Å². The zero-order valence-corrected chi connectivity index (χ0v) is 13.7. The van der Waals surface area contributed by atoms with Crippen LogP contribution in [0.25, 0.3) is 0 Å². The van der Waals surface area contributed by atoms with Gasteiger partial charge in [-0.1, -0.05) is 45.7 Å². The van der Waals surface area contributed by atoms with Gasteiger partial charge in [0.05, 0.1) is 18.5 Å². The van der Waals surface area contributed by atoms with Crippen LogP contribution in [-0.2, 0) is 0 Å². The number of alkyl halides is 1. The average molecular weight is 356 g/mol. The van der Waals surface area contributed by atoms with Gasteiger partial charge in [-0.25, -0.2) is 0 Å². The lowest BCUT2D eigenvalue weighted by molar-refractivity contribution is 0.340. The molecule has 4 heteroatoms. The van der Waals surface area contributed by atoms with Crippen molar-refractivity contribution in [1.29, 1.82) is 0 Å². The zero-order chi connectivity index (χ0) is 14.5. The van der Waals surface area contributed by atoms with Crippen LogP contribution in [-0.4, -0.2) is 13.7 Å². The Balaban J connectivity index is 2.24. The minimum atomic E-state index is 0.0385. The fourth-order valence-electron chi connectivity index (χ4n) is 1.92. The second-order valence-corrected chi connectivity index (χ2v) is 5.57. The molecule has 0 fully saturated rings. The lowest BCUT2D eigenvalue weighted by atomic mass is 10.0. The van der Waals surface area contributed by atoms with E-state index in [1.165, 1.54) is 0 Å². The summed E-state index contributed by atoms with van der Waals surface area (Å²) in [6, 6.07) is 13.7. The molecule has 20 heavy (non-hydrogen) atoms. The van der Waals surface area contributed by atoms with E-state index in [0.29, 0.717) is 11.6 Å². The van der Waals surface area contributed by atoms with E-state index in [9.17, 15) is 0 Å². The van der Waals surface area contributed by atoms with Gasteiger partial charge in [0, 0.05) is 5.02 Å². The summed E-state index contributed by atoms with van der Waals surface area (Å²) in [5.74, 6) is 1.63. The fraction of sp³-hybridized carbons (Fsp3) is 0.250. The van der Waals surface area contributed by atoms with Gasteiger partial charge in [0.1, 0.15) is 11.5 Å². The van der Waals surface area contributed by atoms with Crippen LogP contribution in [0.5, 0.6) is 11.5 Å². The van der Waals surface area contributed by atoms with Crippen molar-refractivity contribution in [3.63, 3.8) is 0 Å². The van der Waals surface area contributed by atoms with E-state index in [2.05, 4.69) is 15.9 Å². The maximum atomic E-state index is 6.30. The SMILES string of the molecule is CCOc1ccc(C(Br)c2ccc(OC)cc2Cl)cc1. The Morgan fingerprint density at radius 3 is 2.30 bits per heavy atom. The summed E-state index contributed by atoms with van der Waals surface area (Å²) in [5.41, 5.74) is 2.14. The average Bonchev–Trinajstić information content (AvgIpc) is 2.47. The molecule has 0 spiro atoms. The summed E-state index contributed by atoms with van der Waals surface area (Å²) in [4.78, 5) is 0.0385. The predicted octanol–water partition coefficient (Wildman–Crippen LogP) is 5.23. The quantitative estimate of drug-likeness (QED) is 0.684. The van der Waals surface area contributed by atoms with Crippen molar-refractivity contribution in [3.8, 4) is 11.5 Å². The van der Waals surface area contributed by atoms with E-state index in [1.54, 1.807) is 7.11 Å². The Morgan fingerprint density at radius 1 is 1.10 bits per heavy atom. The maximum Gasteiger partial charge on any atom is 0.120 e. The summed E-state index contributed by atoms with van der Waals surface area (Å²) in [5, 5.41) is 0.681. The van der Waals surface area contributed by atoms with E-state index in [0.717, 1.165) is 22.6 Å². The smallest absolute Gasteiger partial charge is 0.120 e. The van der Waals surface area contributed by atoms with E-state index < -0.39 is 0 Å². The molecule has 2 aromatic rings. The standard InChI is InChI=1S/C16H16BrClO2/c1-3-20-12-6-4-11(5-7-12)16(17)14-9-8-13(19-2)10-15(14)18/h4-10,16H,3H2,1-2H3. The van der Waals surface area contributed by atoms with Gasteiger partial charge in [0.15, 0.2) is 0 Å². The van der Waals surface area contributed by atoms with Crippen molar-refractivity contribution in [1.82, 2.24) is 0 Å². The van der Waals surface area contributed by atoms with Crippen molar-refractivity contribution in [2.24, 2.45) is 0 Å². The number of benzene rings is 2. The van der Waals surface area contributed by atoms with Crippen molar-refractivity contribution >= 4 is 27.5 Å². The molecule has 2 aromatic carbocycles. The number of hydrogen-bond donors (Lipinski definition) is 0. The van der Waals surface area contributed by atoms with Crippen LogP contribution in [0, 0.1) is 0 Å². The molecule has 0 N–H and O–H groups in total. The summed E-state index contributed by atoms with van der Waals surface area (Å²) < 4.78 is 10.6. The lowest BCUT2D eigenvalue weighted by Gasteiger charge is -2.14. The third-order valence-corrected chi connectivity index (χ3v) is 4.31. The highest BCUT2D eigenvalue weighted by atomic mass is 79.9. The third kappa shape index (κ3) is 3.47. The Morgan fingerprint density at radius 2 is 1.75 bits per heavy atom. The first-order chi connectivity index (χ1) is 9.65. The molecule has 0 heterocycles. The molecule has 106 valence electrons. The monoisotopic (exact) mass is 354 g/mol. The first-order valence-electron chi connectivity index (χ1n) is 6.36. The zero-order valence-electron chi connectivity index (χ0n) is 11.4. The van der Waals surface area contributed by atoms with Crippen LogP contribution in [0.3, 0.4) is 0 Å². The summed E-state index contributed by atoms with van der Waals surface area (Å²) in [7, 11) is 1.63. The van der Waals surface area contributed by atoms with E-state index >= 15 is 0 Å². The molecule has 0 radical (unpaired) electrons. The number of halogens is 2. The number of hydrogen-bond acceptors (Lipinski definition) is 2. The van der Waals surface area contributed by atoms with Crippen LogP contribution in [0.4, 0.5) is 0 Å². The highest BCUT2D eigenvalue weighted by Crippen LogP contribution is 2.37. The van der Waals surface area contributed by atoms with Gasteiger partial charge in [-0.2, -0.15) is 0 Å². The number of rotatable bonds is 5. The van der Waals surface area contributed by atoms with Gasteiger partial charge in [-0.15, -0.1) is 0 Å². The summed E-state index contributed by atoms with van der Waals surface area (Å²) in [6.07, 6.45) is 0. The van der Waals surface area contributed by atoms with E-state index in [-0.39, 0.29) is 4.83 Å². The van der Waals surface area contributed by atoms with Crippen LogP contribution in [0.1, 0.15) is 22.9 Å². The molecule has 0 saturated carbocycles. The largest absolute Gasteiger partial charge is 0.497 e. The topological polar surface area (TPSA) is 18.5 Å². The molecule has 0 aliphatic heterocycles. The van der Waals surface area contributed by atoms with Crippen LogP contribution in [0.15, 0.2) is 42.5 Å². The first-order valence-corrected chi connectivity index (χ1v) is 7.65. The molecule has 0 bridgehead atoms. The molecule has 0 aromatic heterocycles. The minimum absolute atomic E-state index is 0.0385. The molecule has 0 amide bonds. The van der Waals surface area contributed by atoms with Crippen LogP contribution in [0.2, 0.25) is 5.02 Å². The molecule has 1 atom stereocenters. The lowest BCUT2D eigenvalue weighted by Crippen LogP contribution is -1.96. The second kappa shape index (κ2) is 7.00. The van der Waals surface area contributed by atoms with Crippen LogP contribution < -0.4 is 9.47 Å². The van der Waals surface area contributed by atoms with Crippen molar-refractivity contribution in [3.05, 3.63) is 58.6 Å². The first kappa shape index (κ1) is 15.2. The molecular formula is C16H16BrClO2. The van der Waals surface area contributed by atoms with E-state index in [1.807, 2.05) is 49.4 Å². The number of ether oxygens (including phenoxy) is 2. The normalized spacial score (nSPS) is 12.0. The van der Waals surface area contributed by atoms with Gasteiger partial charge in [-0.3, -0.25) is 0 Å². The van der Waals surface area contributed by atoms with Gasteiger partial charge < -0.3 is 9.47 Å². The molecule has 2 nitrogen and oxygen atoms in total. The number of methoxy groups -OCH3 is 1. The van der Waals surface area contributed by atoms with Crippen molar-refractivity contribution < 1.29 is 9.47 Å². The third-order valence-electron chi connectivity index (χ3n) is 2.96. The van der Waals surface area contributed by atoms with Gasteiger partial charge in [-0.05, 0) is 42.3 Å². The van der Waals surface area contributed by atoms with E-state index in [4.69, 9.17) is 21.1 Å². The second-order valence-electron chi connectivity index (χ2n) is 4.25. The molecule has 2 rings (SSSR count). The minimum Gasteiger partial charge on any atom is -0.497 e. The van der Waals surface area contributed by atoms with Gasteiger partial charge >= 0.3 is 0 Å². The highest BCUT2D eigenvalue weighted by Gasteiger charge is 2.14. The molecule has 0 aliphatic carbocycles. The molecular weight excluding hydrogens is 340 g/mol. The molecule has 0 aliphatic rings. The van der Waals surface area contributed by atoms with Gasteiger partial charge in [0.25, 0.3) is 0 Å². The fourth-order valence-corrected chi connectivity index (χ4v) is 3.04. The Kier molecular flexibility index (Phi) is 5.32. The van der Waals surface area contributed by atoms with Gasteiger partial charge in [0.2, 0.25) is 0 Å². The highest BCUT2D eigenvalue weighted by molar-refractivity contribution is 9.09. The summed E-state index contributed by atoms with van der Waals surface area (Å²) >= 11 is 9.99. The van der Waals surface area contributed by atoms with Crippen molar-refractivity contribution in [2.45, 2.75) is 11.8 Å². The summed E-state index contributed by atoms with van der Waals surface area (Å²) in [6.45, 7) is 2.64. The Hall–Kier alpha value is -1.19.